The van der Waals surface area contributed by atoms with Crippen molar-refractivity contribution in [3.63, 3.8) is 0 Å². The number of anilines is 2. The average Bonchev–Trinajstić information content (AvgIpc) is 2.65. The molecule has 3 N–H and O–H groups in total. The number of rotatable bonds is 3. The molecule has 8 heteroatoms. The van der Waals surface area contributed by atoms with Crippen molar-refractivity contribution >= 4 is 40.2 Å². The Hall–Kier alpha value is -2.09. The van der Waals surface area contributed by atoms with E-state index in [0.29, 0.717) is 0 Å². The molecule has 1 fully saturated rings. The van der Waals surface area contributed by atoms with Gasteiger partial charge in [-0.15, -0.1) is 0 Å². The van der Waals surface area contributed by atoms with Crippen LogP contribution in [0.1, 0.15) is 0 Å². The number of imide groups is 1. The number of nitrogens with one attached hydrogen (secondary N) is 1. The first kappa shape index (κ1) is 13.3. The Labute approximate surface area is 112 Å². The molecule has 0 spiro atoms. The molecule has 6 nitrogen and oxygen atoms in total. The monoisotopic (exact) mass is 283 g/mol. The topological polar surface area (TPSA) is 92.5 Å². The summed E-state index contributed by atoms with van der Waals surface area (Å²) in [6, 6.07) is 3.54. The Kier molecular flexibility index (Phi) is 3.70. The number of amides is 3. The van der Waals surface area contributed by atoms with E-state index in [2.05, 4.69) is 5.32 Å². The molecule has 1 aromatic rings. The van der Waals surface area contributed by atoms with E-state index < -0.39 is 29.4 Å². The summed E-state index contributed by atoms with van der Waals surface area (Å²) in [6.45, 7) is -0.402. The minimum absolute atomic E-state index is 0.0359. The van der Waals surface area contributed by atoms with Crippen LogP contribution in [0.15, 0.2) is 18.2 Å². The molecule has 1 aromatic carbocycles. The van der Waals surface area contributed by atoms with Crippen molar-refractivity contribution in [2.45, 2.75) is 0 Å². The SMILES string of the molecule is Nc1ccc(F)cc1NC(=O)CN1C(=O)CSC1=O. The molecule has 1 aliphatic heterocycles. The molecule has 0 aliphatic carbocycles. The van der Waals surface area contributed by atoms with Gasteiger partial charge in [0.05, 0.1) is 17.1 Å². The highest BCUT2D eigenvalue weighted by atomic mass is 32.2. The number of halogens is 1. The summed E-state index contributed by atoms with van der Waals surface area (Å²) in [6.07, 6.45) is 0. The zero-order chi connectivity index (χ0) is 14.0. The van der Waals surface area contributed by atoms with E-state index in [9.17, 15) is 18.8 Å². The van der Waals surface area contributed by atoms with Crippen LogP contribution in [0.25, 0.3) is 0 Å². The van der Waals surface area contributed by atoms with Gasteiger partial charge in [0.2, 0.25) is 11.8 Å². The van der Waals surface area contributed by atoms with Crippen LogP contribution in [0.3, 0.4) is 0 Å². The number of carbonyl (C=O) groups excluding carboxylic acids is 3. The third-order valence-corrected chi connectivity index (χ3v) is 3.29. The van der Waals surface area contributed by atoms with E-state index in [1.807, 2.05) is 0 Å². The second-order valence-electron chi connectivity index (χ2n) is 3.81. The number of nitrogens with zero attached hydrogens (tertiary/aromatic N) is 1. The van der Waals surface area contributed by atoms with Crippen LogP contribution in [0.4, 0.5) is 20.6 Å². The van der Waals surface area contributed by atoms with E-state index >= 15 is 0 Å². The van der Waals surface area contributed by atoms with Crippen molar-refractivity contribution in [3.8, 4) is 0 Å². The van der Waals surface area contributed by atoms with Crippen LogP contribution in [-0.4, -0.2) is 34.3 Å². The lowest BCUT2D eigenvalue weighted by atomic mass is 10.2. The highest BCUT2D eigenvalue weighted by molar-refractivity contribution is 8.14. The Morgan fingerprint density at radius 2 is 2.21 bits per heavy atom. The molecule has 19 heavy (non-hydrogen) atoms. The Balaban J connectivity index is 2.03. The van der Waals surface area contributed by atoms with Crippen LogP contribution in [-0.2, 0) is 9.59 Å². The van der Waals surface area contributed by atoms with Gasteiger partial charge in [0.25, 0.3) is 5.24 Å². The Morgan fingerprint density at radius 1 is 1.47 bits per heavy atom. The van der Waals surface area contributed by atoms with Crippen LogP contribution in [0.5, 0.6) is 0 Å². The molecule has 0 saturated carbocycles. The summed E-state index contributed by atoms with van der Waals surface area (Å²) in [4.78, 5) is 35.1. The number of thioether (sulfide) groups is 1. The molecule has 0 atom stereocenters. The number of nitrogens with two attached hydrogens (primary N) is 1. The normalized spacial score (nSPS) is 14.9. The fourth-order valence-corrected chi connectivity index (χ4v) is 2.23. The van der Waals surface area contributed by atoms with Crippen molar-refractivity contribution in [3.05, 3.63) is 24.0 Å². The maximum Gasteiger partial charge on any atom is 0.289 e. The smallest absolute Gasteiger partial charge is 0.289 e. The summed E-state index contributed by atoms with van der Waals surface area (Å²) in [5.74, 6) is -1.54. The molecule has 0 bridgehead atoms. The number of benzene rings is 1. The van der Waals surface area contributed by atoms with E-state index in [-0.39, 0.29) is 17.1 Å². The average molecular weight is 283 g/mol. The molecule has 0 aromatic heterocycles. The summed E-state index contributed by atoms with van der Waals surface area (Å²) in [7, 11) is 0. The lowest BCUT2D eigenvalue weighted by Gasteiger charge is -2.13. The van der Waals surface area contributed by atoms with Gasteiger partial charge >= 0.3 is 0 Å². The highest BCUT2D eigenvalue weighted by Gasteiger charge is 2.31. The first-order chi connectivity index (χ1) is 8.97. The van der Waals surface area contributed by atoms with Crippen LogP contribution < -0.4 is 11.1 Å². The van der Waals surface area contributed by atoms with Crippen molar-refractivity contribution in [1.82, 2.24) is 4.90 Å². The predicted octanol–water partition coefficient (Wildman–Crippen LogP) is 1.04. The van der Waals surface area contributed by atoms with Crippen LogP contribution >= 0.6 is 11.8 Å². The predicted molar refractivity (Wildman–Crippen MR) is 69.0 cm³/mol. The lowest BCUT2D eigenvalue weighted by molar-refractivity contribution is -0.128. The zero-order valence-electron chi connectivity index (χ0n) is 9.68. The lowest BCUT2D eigenvalue weighted by Crippen LogP contribution is -2.36. The number of hydrogen-bond acceptors (Lipinski definition) is 5. The van der Waals surface area contributed by atoms with Crippen LogP contribution in [0.2, 0.25) is 0 Å². The second kappa shape index (κ2) is 5.27. The van der Waals surface area contributed by atoms with Crippen LogP contribution in [0, 0.1) is 5.82 Å². The molecule has 1 saturated heterocycles. The Morgan fingerprint density at radius 3 is 2.84 bits per heavy atom. The van der Waals surface area contributed by atoms with Gasteiger partial charge in [-0.25, -0.2) is 4.39 Å². The first-order valence-corrected chi connectivity index (χ1v) is 6.28. The minimum atomic E-state index is -0.610. The third kappa shape index (κ3) is 3.02. The maximum absolute atomic E-state index is 13.0. The fraction of sp³-hybridized carbons (Fsp3) is 0.182. The molecule has 1 heterocycles. The van der Waals surface area contributed by atoms with E-state index in [1.54, 1.807) is 0 Å². The molecule has 2 rings (SSSR count). The van der Waals surface area contributed by atoms with Gasteiger partial charge in [-0.2, -0.15) is 0 Å². The van der Waals surface area contributed by atoms with Crippen molar-refractivity contribution < 1.29 is 18.8 Å². The highest BCUT2D eigenvalue weighted by Crippen LogP contribution is 2.21. The van der Waals surface area contributed by atoms with E-state index in [4.69, 9.17) is 5.73 Å². The summed E-state index contributed by atoms with van der Waals surface area (Å²) < 4.78 is 13.0. The molecule has 0 unspecified atom stereocenters. The van der Waals surface area contributed by atoms with Crippen molar-refractivity contribution in [2.24, 2.45) is 0 Å². The summed E-state index contributed by atoms with van der Waals surface area (Å²) >= 11 is 0.840. The summed E-state index contributed by atoms with van der Waals surface area (Å²) in [5, 5.41) is 1.89. The Bertz CT molecular complexity index is 548. The summed E-state index contributed by atoms with van der Waals surface area (Å²) in [5.41, 5.74) is 5.87. The zero-order valence-corrected chi connectivity index (χ0v) is 10.5. The molecule has 1 aliphatic rings. The number of nitrogen functional groups attached to an aromatic ring is 1. The van der Waals surface area contributed by atoms with Gasteiger partial charge in [-0.3, -0.25) is 19.3 Å². The maximum atomic E-state index is 13.0. The second-order valence-corrected chi connectivity index (χ2v) is 4.74. The minimum Gasteiger partial charge on any atom is -0.397 e. The van der Waals surface area contributed by atoms with Crippen molar-refractivity contribution in [2.75, 3.05) is 23.3 Å². The van der Waals surface area contributed by atoms with E-state index in [0.717, 1.165) is 28.8 Å². The number of carbonyl (C=O) groups is 3. The third-order valence-electron chi connectivity index (χ3n) is 2.43. The van der Waals surface area contributed by atoms with Gasteiger partial charge in [-0.1, -0.05) is 11.8 Å². The molecular formula is C11H10FN3O3S. The molecule has 3 amide bonds. The van der Waals surface area contributed by atoms with E-state index in [1.165, 1.54) is 6.07 Å². The molecule has 0 radical (unpaired) electrons. The van der Waals surface area contributed by atoms with Gasteiger partial charge < -0.3 is 11.1 Å². The largest absolute Gasteiger partial charge is 0.397 e. The van der Waals surface area contributed by atoms with Gasteiger partial charge in [0.15, 0.2) is 0 Å². The van der Waals surface area contributed by atoms with Crippen molar-refractivity contribution in [1.29, 1.82) is 0 Å². The standard InChI is InChI=1S/C11H10FN3O3S/c12-6-1-2-7(13)8(3-6)14-9(16)4-15-10(17)5-19-11(15)18/h1-3H,4-5,13H2,(H,14,16). The first-order valence-electron chi connectivity index (χ1n) is 5.29. The molecule has 100 valence electrons. The molecular weight excluding hydrogens is 273 g/mol. The fourth-order valence-electron chi connectivity index (χ4n) is 1.50. The number of hydrogen-bond donors (Lipinski definition) is 2. The quantitative estimate of drug-likeness (QED) is 0.809. The van der Waals surface area contributed by atoms with Gasteiger partial charge in [-0.05, 0) is 18.2 Å². The van der Waals surface area contributed by atoms with Gasteiger partial charge in [0, 0.05) is 0 Å². The van der Waals surface area contributed by atoms with Gasteiger partial charge in [0.1, 0.15) is 12.4 Å².